The SMILES string of the molecule is CCCCCCCCCCCCC(Br)C(=O)C(C(=O)[O-])C(S)C[N+](C)(C)C. The highest BCUT2D eigenvalue weighted by atomic mass is 79.9. The highest BCUT2D eigenvalue weighted by Crippen LogP contribution is 2.22. The van der Waals surface area contributed by atoms with Gasteiger partial charge in [-0.1, -0.05) is 87.1 Å². The van der Waals surface area contributed by atoms with Crippen LogP contribution in [-0.4, -0.2) is 54.0 Å². The van der Waals surface area contributed by atoms with Crippen LogP contribution in [0.1, 0.15) is 77.6 Å². The van der Waals surface area contributed by atoms with E-state index in [1.54, 1.807) is 0 Å². The van der Waals surface area contributed by atoms with Crippen LogP contribution in [0.5, 0.6) is 0 Å². The van der Waals surface area contributed by atoms with Crippen molar-refractivity contribution in [3.63, 3.8) is 0 Å². The molecule has 0 aliphatic heterocycles. The van der Waals surface area contributed by atoms with Gasteiger partial charge in [0.05, 0.1) is 49.7 Å². The zero-order valence-corrected chi connectivity index (χ0v) is 20.2. The Labute approximate surface area is 180 Å². The molecule has 6 heteroatoms. The lowest BCUT2D eigenvalue weighted by molar-refractivity contribution is -0.869. The predicted molar refractivity (Wildman–Crippen MR) is 118 cm³/mol. The summed E-state index contributed by atoms with van der Waals surface area (Å²) in [5.41, 5.74) is 0. The van der Waals surface area contributed by atoms with Crippen molar-refractivity contribution in [2.24, 2.45) is 5.92 Å². The molecule has 0 bridgehead atoms. The Kier molecular flexibility index (Phi) is 14.8. The molecular weight excluding hydrogens is 426 g/mol. The molecule has 160 valence electrons. The van der Waals surface area contributed by atoms with Crippen molar-refractivity contribution in [3.8, 4) is 0 Å². The van der Waals surface area contributed by atoms with E-state index in [2.05, 4.69) is 35.5 Å². The van der Waals surface area contributed by atoms with Crippen LogP contribution in [0.4, 0.5) is 0 Å². The first-order valence-electron chi connectivity index (χ1n) is 10.5. The summed E-state index contributed by atoms with van der Waals surface area (Å²) < 4.78 is 0.552. The molecule has 4 nitrogen and oxygen atoms in total. The van der Waals surface area contributed by atoms with Crippen LogP contribution in [0.25, 0.3) is 0 Å². The fraction of sp³-hybridized carbons (Fsp3) is 0.905. The molecule has 0 rings (SSSR count). The number of carbonyl (C=O) groups is 2. The third kappa shape index (κ3) is 13.7. The van der Waals surface area contributed by atoms with Crippen LogP contribution in [0.3, 0.4) is 0 Å². The molecule has 27 heavy (non-hydrogen) atoms. The number of Topliss-reactive ketones (excluding diaryl/α,β-unsaturated/α-hetero) is 1. The maximum atomic E-state index is 12.6. The van der Waals surface area contributed by atoms with Crippen LogP contribution in [0.15, 0.2) is 0 Å². The lowest BCUT2D eigenvalue weighted by Gasteiger charge is -2.31. The summed E-state index contributed by atoms with van der Waals surface area (Å²) in [6.07, 6.45) is 13.1. The highest BCUT2D eigenvalue weighted by Gasteiger charge is 2.34. The van der Waals surface area contributed by atoms with E-state index in [0.29, 0.717) is 17.4 Å². The monoisotopic (exact) mass is 465 g/mol. The molecule has 3 atom stereocenters. The van der Waals surface area contributed by atoms with Crippen molar-refractivity contribution in [1.29, 1.82) is 0 Å². The number of quaternary nitrogens is 1. The standard InChI is InChI=1S/C21H40BrNO3S/c1-5-6-7-8-9-10-11-12-13-14-15-17(22)20(24)19(21(25)26)18(27)16-23(2,3)4/h17-19H,5-16H2,1-4H3,(H-,25,26,27). The van der Waals surface area contributed by atoms with Gasteiger partial charge in [0.15, 0.2) is 5.78 Å². The number of hydrogen-bond acceptors (Lipinski definition) is 4. The molecule has 0 saturated heterocycles. The molecule has 3 unspecified atom stereocenters. The predicted octanol–water partition coefficient (Wildman–Crippen LogP) is 4.00. The van der Waals surface area contributed by atoms with Crippen molar-refractivity contribution in [2.45, 2.75) is 87.6 Å². The van der Waals surface area contributed by atoms with E-state index in [1.165, 1.54) is 51.4 Å². The number of carboxylic acids is 1. The fourth-order valence-corrected chi connectivity index (χ4v) is 4.64. The summed E-state index contributed by atoms with van der Waals surface area (Å²) in [4.78, 5) is 23.7. The molecule has 0 heterocycles. The van der Waals surface area contributed by atoms with Crippen molar-refractivity contribution < 1.29 is 19.2 Å². The molecule has 0 aliphatic carbocycles. The van der Waals surface area contributed by atoms with Crippen molar-refractivity contribution >= 4 is 40.3 Å². The van der Waals surface area contributed by atoms with E-state index in [4.69, 9.17) is 0 Å². The summed E-state index contributed by atoms with van der Waals surface area (Å²) in [6, 6.07) is 0. The molecule has 0 aromatic rings. The number of rotatable bonds is 17. The Bertz CT molecular complexity index is 426. The number of carbonyl (C=O) groups excluding carboxylic acids is 2. The second kappa shape index (κ2) is 14.9. The van der Waals surface area contributed by atoms with Gasteiger partial charge in [-0.05, 0) is 6.42 Å². The highest BCUT2D eigenvalue weighted by molar-refractivity contribution is 9.10. The normalized spacial score (nSPS) is 15.3. The Morgan fingerprint density at radius 3 is 1.78 bits per heavy atom. The maximum Gasteiger partial charge on any atom is 0.156 e. The first-order chi connectivity index (χ1) is 12.6. The third-order valence-corrected chi connectivity index (χ3v) is 6.17. The van der Waals surface area contributed by atoms with E-state index < -0.39 is 22.0 Å². The smallest absolute Gasteiger partial charge is 0.156 e. The van der Waals surface area contributed by atoms with E-state index in [0.717, 1.165) is 12.8 Å². The number of nitrogens with zero attached hydrogens (tertiary/aromatic N) is 1. The molecule has 0 fully saturated rings. The minimum Gasteiger partial charge on any atom is -0.549 e. The number of carboxylic acid groups (broad SMARTS) is 1. The van der Waals surface area contributed by atoms with Gasteiger partial charge in [-0.15, -0.1) is 0 Å². The molecule has 0 amide bonds. The Morgan fingerprint density at radius 1 is 0.926 bits per heavy atom. The number of thiol groups is 1. The van der Waals surface area contributed by atoms with E-state index in [9.17, 15) is 14.7 Å². The van der Waals surface area contributed by atoms with Crippen LogP contribution in [0, 0.1) is 5.92 Å². The van der Waals surface area contributed by atoms with Gasteiger partial charge < -0.3 is 14.4 Å². The van der Waals surface area contributed by atoms with Crippen molar-refractivity contribution in [1.82, 2.24) is 0 Å². The average Bonchev–Trinajstić information content (AvgIpc) is 2.54. The van der Waals surface area contributed by atoms with Gasteiger partial charge in [0.25, 0.3) is 0 Å². The molecule has 0 aromatic heterocycles. The summed E-state index contributed by atoms with van der Waals surface area (Å²) in [5.74, 6) is -2.79. The minimum absolute atomic E-state index is 0.306. The third-order valence-electron chi connectivity index (χ3n) is 4.80. The molecule has 0 aliphatic rings. The Balaban J connectivity index is 4.11. The number of ketones is 1. The molecule has 0 aromatic carbocycles. The number of aliphatic carboxylic acids is 1. The number of unbranched alkanes of at least 4 members (excludes halogenated alkanes) is 9. The fourth-order valence-electron chi connectivity index (χ4n) is 3.28. The van der Waals surface area contributed by atoms with Gasteiger partial charge in [0.1, 0.15) is 0 Å². The van der Waals surface area contributed by atoms with E-state index in [1.807, 2.05) is 21.1 Å². The summed E-state index contributed by atoms with van der Waals surface area (Å²) in [7, 11) is 5.86. The van der Waals surface area contributed by atoms with Gasteiger partial charge in [-0.2, -0.15) is 12.6 Å². The van der Waals surface area contributed by atoms with E-state index >= 15 is 0 Å². The molecule has 0 spiro atoms. The quantitative estimate of drug-likeness (QED) is 0.116. The van der Waals surface area contributed by atoms with Crippen LogP contribution in [-0.2, 0) is 9.59 Å². The molecular formula is C21H40BrNO3S. The van der Waals surface area contributed by atoms with Crippen LogP contribution in [0.2, 0.25) is 0 Å². The number of hydrogen-bond donors (Lipinski definition) is 1. The summed E-state index contributed by atoms with van der Waals surface area (Å²) in [6.45, 7) is 2.72. The molecule has 0 N–H and O–H groups in total. The van der Waals surface area contributed by atoms with Gasteiger partial charge in [0.2, 0.25) is 0 Å². The van der Waals surface area contributed by atoms with Gasteiger partial charge >= 0.3 is 0 Å². The molecule has 0 saturated carbocycles. The second-order valence-electron chi connectivity index (χ2n) is 8.68. The maximum absolute atomic E-state index is 12.6. The molecule has 0 radical (unpaired) electrons. The number of halogens is 1. The topological polar surface area (TPSA) is 57.2 Å². The van der Waals surface area contributed by atoms with Gasteiger partial charge in [-0.3, -0.25) is 4.79 Å². The van der Waals surface area contributed by atoms with Crippen molar-refractivity contribution in [2.75, 3.05) is 27.7 Å². The van der Waals surface area contributed by atoms with Gasteiger partial charge in [-0.25, -0.2) is 0 Å². The summed E-state index contributed by atoms with van der Waals surface area (Å²) in [5, 5.41) is 11.0. The van der Waals surface area contributed by atoms with Crippen LogP contribution < -0.4 is 5.11 Å². The second-order valence-corrected chi connectivity index (χ2v) is 10.4. The minimum atomic E-state index is -1.32. The van der Waals surface area contributed by atoms with E-state index in [-0.39, 0.29) is 5.78 Å². The van der Waals surface area contributed by atoms with Gasteiger partial charge in [0, 0.05) is 0 Å². The van der Waals surface area contributed by atoms with Crippen LogP contribution >= 0.6 is 28.6 Å². The number of alkyl halides is 1. The zero-order chi connectivity index (χ0) is 20.9. The van der Waals surface area contributed by atoms with Crippen molar-refractivity contribution in [3.05, 3.63) is 0 Å². The Morgan fingerprint density at radius 2 is 1.37 bits per heavy atom. The Hall–Kier alpha value is -0.0700. The lowest BCUT2D eigenvalue weighted by Crippen LogP contribution is -2.50. The first-order valence-corrected chi connectivity index (χ1v) is 11.9. The largest absolute Gasteiger partial charge is 0.549 e. The average molecular weight is 467 g/mol. The first kappa shape index (κ1) is 26.9. The lowest BCUT2D eigenvalue weighted by atomic mass is 9.94. The summed E-state index contributed by atoms with van der Waals surface area (Å²) >= 11 is 7.79. The zero-order valence-electron chi connectivity index (χ0n) is 17.7.